The van der Waals surface area contributed by atoms with Gasteiger partial charge in [0.05, 0.1) is 17.0 Å². The third kappa shape index (κ3) is 3.10. The van der Waals surface area contributed by atoms with E-state index in [4.69, 9.17) is 0 Å². The lowest BCUT2D eigenvalue weighted by Crippen LogP contribution is -2.18. The summed E-state index contributed by atoms with van der Waals surface area (Å²) < 4.78 is 38.1. The molecule has 5 heteroatoms. The highest BCUT2D eigenvalue weighted by molar-refractivity contribution is 8.00. The summed E-state index contributed by atoms with van der Waals surface area (Å²) in [5.41, 5.74) is 0.358. The Kier molecular flexibility index (Phi) is 3.85. The second-order valence-electron chi connectivity index (χ2n) is 4.07. The molecule has 1 aromatic carbocycles. The molecule has 1 heterocycles. The van der Waals surface area contributed by atoms with Crippen LogP contribution in [0, 0.1) is 0 Å². The number of benzene rings is 1. The van der Waals surface area contributed by atoms with Gasteiger partial charge in [-0.25, -0.2) is 0 Å². The average molecular weight is 283 g/mol. The molecule has 2 rings (SSSR count). The average Bonchev–Trinajstić information content (AvgIpc) is 2.34. The molecular formula is C14H12F3NS. The van der Waals surface area contributed by atoms with Crippen LogP contribution in [0.1, 0.15) is 6.92 Å². The van der Waals surface area contributed by atoms with E-state index in [0.717, 1.165) is 17.0 Å². The highest BCUT2D eigenvalue weighted by Gasteiger charge is 2.32. The zero-order chi connectivity index (χ0) is 14.0. The molecule has 0 amide bonds. The highest BCUT2D eigenvalue weighted by Crippen LogP contribution is 2.38. The van der Waals surface area contributed by atoms with Crippen LogP contribution in [0.5, 0.6) is 0 Å². The minimum atomic E-state index is -4.40. The lowest BCUT2D eigenvalue weighted by molar-refractivity contribution is -0.0880. The lowest BCUT2D eigenvalue weighted by Gasteiger charge is -2.20. The van der Waals surface area contributed by atoms with Crippen molar-refractivity contribution in [2.24, 2.45) is 4.99 Å². The van der Waals surface area contributed by atoms with Crippen LogP contribution in [-0.2, 0) is 0 Å². The van der Waals surface area contributed by atoms with Gasteiger partial charge in [0.1, 0.15) is 0 Å². The van der Waals surface area contributed by atoms with Crippen molar-refractivity contribution in [3.05, 3.63) is 48.6 Å². The van der Waals surface area contributed by atoms with E-state index in [1.165, 1.54) is 11.8 Å². The minimum absolute atomic E-state index is 0.118. The number of aliphatic imine (C=N–C) groups is 1. The summed E-state index contributed by atoms with van der Waals surface area (Å²) in [5.74, 6) is 0. The first kappa shape index (κ1) is 13.9. The molecule has 0 spiro atoms. The number of halogens is 3. The molecule has 1 atom stereocenters. The molecule has 1 aliphatic rings. The minimum Gasteiger partial charge on any atom is -0.251 e. The number of hydrogen-bond acceptors (Lipinski definition) is 2. The molecule has 1 unspecified atom stereocenters. The number of rotatable bonds is 2. The van der Waals surface area contributed by atoms with Crippen molar-refractivity contribution in [3.8, 4) is 0 Å². The Morgan fingerprint density at radius 3 is 2.68 bits per heavy atom. The predicted molar refractivity (Wildman–Crippen MR) is 73.2 cm³/mol. The summed E-state index contributed by atoms with van der Waals surface area (Å²) in [6, 6.07) is 7.42. The highest BCUT2D eigenvalue weighted by atomic mass is 32.2. The largest absolute Gasteiger partial charge is 0.416 e. The van der Waals surface area contributed by atoms with Gasteiger partial charge in [0.2, 0.25) is 0 Å². The number of hydrogen-bond donors (Lipinski definition) is 0. The van der Waals surface area contributed by atoms with Crippen LogP contribution in [0.4, 0.5) is 18.9 Å². The second kappa shape index (κ2) is 5.25. The van der Waals surface area contributed by atoms with Crippen LogP contribution in [0.2, 0.25) is 0 Å². The molecule has 1 aromatic rings. The van der Waals surface area contributed by atoms with Crippen molar-refractivity contribution >= 4 is 23.2 Å². The van der Waals surface area contributed by atoms with E-state index in [1.54, 1.807) is 6.07 Å². The fourth-order valence-electron chi connectivity index (χ4n) is 1.70. The third-order valence-electron chi connectivity index (χ3n) is 2.69. The quantitative estimate of drug-likeness (QED) is 0.701. The van der Waals surface area contributed by atoms with Gasteiger partial charge < -0.3 is 0 Å². The van der Waals surface area contributed by atoms with E-state index in [-0.39, 0.29) is 5.25 Å². The normalized spacial score (nSPS) is 19.7. The zero-order valence-electron chi connectivity index (χ0n) is 10.2. The third-order valence-corrected chi connectivity index (χ3v) is 3.88. The fraction of sp³-hybridized carbons (Fsp3) is 0.214. The number of allylic oxidation sites excluding steroid dienone is 3. The molecule has 0 bridgehead atoms. The van der Waals surface area contributed by atoms with Crippen LogP contribution in [0.15, 0.2) is 58.5 Å². The fourth-order valence-corrected chi connectivity index (χ4v) is 2.71. The maximum Gasteiger partial charge on any atom is 0.416 e. The summed E-state index contributed by atoms with van der Waals surface area (Å²) in [6.07, 6.45) is -2.51. The Morgan fingerprint density at radius 2 is 2.05 bits per heavy atom. The Morgan fingerprint density at radius 1 is 1.37 bits per heavy atom. The van der Waals surface area contributed by atoms with Gasteiger partial charge in [-0.3, -0.25) is 4.99 Å². The molecule has 0 saturated heterocycles. The van der Waals surface area contributed by atoms with Crippen LogP contribution in [-0.4, -0.2) is 17.1 Å². The van der Waals surface area contributed by atoms with Gasteiger partial charge in [-0.15, -0.1) is 11.8 Å². The van der Waals surface area contributed by atoms with E-state index >= 15 is 0 Å². The molecule has 0 N–H and O–H groups in total. The molecule has 19 heavy (non-hydrogen) atoms. The van der Waals surface area contributed by atoms with E-state index in [2.05, 4.69) is 11.6 Å². The number of fused-ring (bicyclic) bond motifs is 1. The molecule has 1 nitrogen and oxygen atoms in total. The van der Waals surface area contributed by atoms with Gasteiger partial charge in [0, 0.05) is 10.1 Å². The van der Waals surface area contributed by atoms with Gasteiger partial charge in [0.25, 0.3) is 0 Å². The van der Waals surface area contributed by atoms with E-state index < -0.39 is 11.7 Å². The van der Waals surface area contributed by atoms with Gasteiger partial charge in [0.15, 0.2) is 0 Å². The Hall–Kier alpha value is -1.49. The molecule has 0 radical (unpaired) electrons. The van der Waals surface area contributed by atoms with E-state index in [1.807, 2.05) is 25.1 Å². The number of para-hydroxylation sites is 1. The zero-order valence-corrected chi connectivity index (χ0v) is 11.1. The summed E-state index contributed by atoms with van der Waals surface area (Å²) in [5, 5.41) is -0.118. The predicted octanol–water partition coefficient (Wildman–Crippen LogP) is 4.93. The maximum absolute atomic E-state index is 12.7. The van der Waals surface area contributed by atoms with Gasteiger partial charge in [-0.2, -0.15) is 13.2 Å². The van der Waals surface area contributed by atoms with Crippen molar-refractivity contribution in [1.82, 2.24) is 0 Å². The molecular weight excluding hydrogens is 271 g/mol. The van der Waals surface area contributed by atoms with Gasteiger partial charge in [-0.1, -0.05) is 24.8 Å². The number of alkyl halides is 3. The van der Waals surface area contributed by atoms with Crippen molar-refractivity contribution < 1.29 is 13.2 Å². The van der Waals surface area contributed by atoms with Crippen molar-refractivity contribution in [2.75, 3.05) is 0 Å². The number of nitrogens with zero attached hydrogens (tertiary/aromatic N) is 1. The van der Waals surface area contributed by atoms with Crippen LogP contribution < -0.4 is 0 Å². The Balaban J connectivity index is 2.43. The number of thioether (sulfide) groups is 1. The lowest BCUT2D eigenvalue weighted by atomic mass is 10.1. The van der Waals surface area contributed by atoms with Gasteiger partial charge >= 0.3 is 6.18 Å². The standard InChI is InChI=1S/C14H12F3NS/c1-3-10(14(15,16)17)8-12-9(2)19-13-7-5-4-6-11(13)18-12/h3-9H,1H2,2H3/b10-8+. The van der Waals surface area contributed by atoms with Crippen molar-refractivity contribution in [1.29, 1.82) is 0 Å². The Labute approximate surface area is 113 Å². The molecule has 0 saturated carbocycles. The van der Waals surface area contributed by atoms with Crippen molar-refractivity contribution in [2.45, 2.75) is 23.2 Å². The van der Waals surface area contributed by atoms with E-state index in [0.29, 0.717) is 11.4 Å². The Bertz CT molecular complexity index is 558. The topological polar surface area (TPSA) is 12.4 Å². The van der Waals surface area contributed by atoms with Crippen LogP contribution in [0.25, 0.3) is 0 Å². The summed E-state index contributed by atoms with van der Waals surface area (Å²) in [6.45, 7) is 5.05. The first-order valence-corrected chi connectivity index (χ1v) is 6.55. The first-order chi connectivity index (χ1) is 8.91. The van der Waals surface area contributed by atoms with E-state index in [9.17, 15) is 13.2 Å². The monoisotopic (exact) mass is 283 g/mol. The van der Waals surface area contributed by atoms with Crippen LogP contribution in [0.3, 0.4) is 0 Å². The summed E-state index contributed by atoms with van der Waals surface area (Å²) in [7, 11) is 0. The molecule has 0 aliphatic carbocycles. The van der Waals surface area contributed by atoms with Gasteiger partial charge in [-0.05, 0) is 25.1 Å². The van der Waals surface area contributed by atoms with Crippen LogP contribution >= 0.6 is 11.8 Å². The smallest absolute Gasteiger partial charge is 0.251 e. The summed E-state index contributed by atoms with van der Waals surface area (Å²) >= 11 is 1.51. The maximum atomic E-state index is 12.7. The second-order valence-corrected chi connectivity index (χ2v) is 5.45. The van der Waals surface area contributed by atoms with Crippen molar-refractivity contribution in [3.63, 3.8) is 0 Å². The molecule has 0 fully saturated rings. The SMILES string of the molecule is C=C/C(=C\C1=Nc2ccccc2SC1C)C(F)(F)F. The molecule has 100 valence electrons. The molecule has 0 aromatic heterocycles. The first-order valence-electron chi connectivity index (χ1n) is 5.67. The molecule has 1 aliphatic heterocycles. The summed E-state index contributed by atoms with van der Waals surface area (Å²) in [4.78, 5) is 5.28.